The largest absolute Gasteiger partial charge is 0.377 e. The normalized spacial score (nSPS) is 12.4. The Morgan fingerprint density at radius 3 is 2.39 bits per heavy atom. The summed E-state index contributed by atoms with van der Waals surface area (Å²) in [6.45, 7) is 2.00. The highest BCUT2D eigenvalue weighted by Gasteiger charge is 2.05. The van der Waals surface area contributed by atoms with Crippen molar-refractivity contribution in [2.75, 3.05) is 7.11 Å². The van der Waals surface area contributed by atoms with Gasteiger partial charge in [0.1, 0.15) is 0 Å². The minimum absolute atomic E-state index is 0.0761. The number of methoxy groups -OCH3 is 1. The van der Waals surface area contributed by atoms with Gasteiger partial charge >= 0.3 is 0 Å². The first-order chi connectivity index (χ1) is 8.61. The summed E-state index contributed by atoms with van der Waals surface area (Å²) in [5.74, 6) is 0. The Labute approximate surface area is 106 Å². The first kappa shape index (κ1) is 12.5. The number of aryl methyl sites for hydroxylation is 1. The summed E-state index contributed by atoms with van der Waals surface area (Å²) in [6, 6.07) is 11.2. The average molecular weight is 244 g/mol. The number of benzene rings is 1. The Morgan fingerprint density at radius 1 is 1.17 bits per heavy atom. The zero-order valence-electron chi connectivity index (χ0n) is 10.8. The summed E-state index contributed by atoms with van der Waals surface area (Å²) in [4.78, 5) is 11.3. The Balaban J connectivity index is 2.34. The third kappa shape index (κ3) is 2.49. The van der Waals surface area contributed by atoms with Gasteiger partial charge in [0.2, 0.25) is 0 Å². The maximum atomic E-state index is 11.3. The third-order valence-corrected chi connectivity index (χ3v) is 2.99. The Kier molecular flexibility index (Phi) is 3.58. The smallest absolute Gasteiger partial charge is 0.266 e. The molecule has 2 rings (SSSR count). The molecule has 0 amide bonds. The molecule has 1 aromatic carbocycles. The van der Waals surface area contributed by atoms with Crippen molar-refractivity contribution in [3.8, 4) is 11.3 Å². The van der Waals surface area contributed by atoms with Gasteiger partial charge in [0, 0.05) is 25.8 Å². The second kappa shape index (κ2) is 5.14. The minimum atomic E-state index is -0.108. The number of nitrogens with zero attached hydrogens (tertiary/aromatic N) is 2. The van der Waals surface area contributed by atoms with E-state index in [0.29, 0.717) is 0 Å². The maximum Gasteiger partial charge on any atom is 0.266 e. The molecule has 0 spiro atoms. The van der Waals surface area contributed by atoms with E-state index >= 15 is 0 Å². The van der Waals surface area contributed by atoms with Gasteiger partial charge in [-0.05, 0) is 18.6 Å². The molecule has 0 fully saturated rings. The molecule has 0 saturated heterocycles. The minimum Gasteiger partial charge on any atom is -0.377 e. The molecule has 1 heterocycles. The molecule has 0 saturated carbocycles. The van der Waals surface area contributed by atoms with Gasteiger partial charge in [0.05, 0.1) is 11.8 Å². The van der Waals surface area contributed by atoms with E-state index in [1.807, 2.05) is 31.2 Å². The topological polar surface area (TPSA) is 44.1 Å². The fourth-order valence-corrected chi connectivity index (χ4v) is 1.72. The lowest BCUT2D eigenvalue weighted by molar-refractivity contribution is 0.119. The summed E-state index contributed by atoms with van der Waals surface area (Å²) in [6.07, 6.45) is 0.0761. The highest BCUT2D eigenvalue weighted by Crippen LogP contribution is 2.20. The average Bonchev–Trinajstić information content (AvgIpc) is 2.41. The lowest BCUT2D eigenvalue weighted by atomic mass is 10.1. The number of aromatic nitrogens is 2. The summed E-state index contributed by atoms with van der Waals surface area (Å²) in [5, 5.41) is 4.21. The number of hydrogen-bond acceptors (Lipinski definition) is 3. The van der Waals surface area contributed by atoms with Crippen LogP contribution >= 0.6 is 0 Å². The molecular formula is C14H16N2O2. The molecule has 1 atom stereocenters. The van der Waals surface area contributed by atoms with E-state index in [2.05, 4.69) is 5.10 Å². The lowest BCUT2D eigenvalue weighted by Crippen LogP contribution is -2.18. The van der Waals surface area contributed by atoms with Gasteiger partial charge in [-0.15, -0.1) is 0 Å². The molecule has 0 aliphatic rings. The summed E-state index contributed by atoms with van der Waals surface area (Å²) in [5.41, 5.74) is 2.78. The van der Waals surface area contributed by atoms with Gasteiger partial charge in [0.15, 0.2) is 0 Å². The van der Waals surface area contributed by atoms with Gasteiger partial charge < -0.3 is 4.74 Å². The van der Waals surface area contributed by atoms with Crippen LogP contribution in [-0.4, -0.2) is 16.9 Å². The van der Waals surface area contributed by atoms with Crippen molar-refractivity contribution in [3.05, 3.63) is 52.3 Å². The fraction of sp³-hybridized carbons (Fsp3) is 0.286. The quantitative estimate of drug-likeness (QED) is 0.831. The van der Waals surface area contributed by atoms with Crippen LogP contribution in [0.5, 0.6) is 0 Å². The number of rotatable bonds is 3. The van der Waals surface area contributed by atoms with Crippen LogP contribution in [0.3, 0.4) is 0 Å². The predicted molar refractivity (Wildman–Crippen MR) is 70.3 cm³/mol. The van der Waals surface area contributed by atoms with Crippen molar-refractivity contribution < 1.29 is 4.74 Å². The Morgan fingerprint density at radius 2 is 1.83 bits per heavy atom. The van der Waals surface area contributed by atoms with Gasteiger partial charge in [-0.25, -0.2) is 4.68 Å². The van der Waals surface area contributed by atoms with E-state index in [1.165, 1.54) is 10.7 Å². The second-order valence-corrected chi connectivity index (χ2v) is 4.18. The zero-order chi connectivity index (χ0) is 13.1. The van der Waals surface area contributed by atoms with Crippen molar-refractivity contribution in [1.29, 1.82) is 0 Å². The monoisotopic (exact) mass is 244 g/mol. The van der Waals surface area contributed by atoms with E-state index < -0.39 is 0 Å². The second-order valence-electron chi connectivity index (χ2n) is 4.18. The third-order valence-electron chi connectivity index (χ3n) is 2.99. The van der Waals surface area contributed by atoms with Crippen molar-refractivity contribution in [1.82, 2.24) is 9.78 Å². The van der Waals surface area contributed by atoms with Crippen LogP contribution < -0.4 is 5.56 Å². The number of hydrogen-bond donors (Lipinski definition) is 0. The molecule has 18 heavy (non-hydrogen) atoms. The highest BCUT2D eigenvalue weighted by atomic mass is 16.5. The highest BCUT2D eigenvalue weighted by molar-refractivity contribution is 5.58. The van der Waals surface area contributed by atoms with E-state index in [-0.39, 0.29) is 11.7 Å². The molecule has 94 valence electrons. The van der Waals surface area contributed by atoms with Gasteiger partial charge in [0.25, 0.3) is 5.56 Å². The van der Waals surface area contributed by atoms with Crippen LogP contribution in [0.25, 0.3) is 11.3 Å². The van der Waals surface area contributed by atoms with Crippen LogP contribution in [-0.2, 0) is 11.8 Å². The van der Waals surface area contributed by atoms with E-state index in [0.717, 1.165) is 16.8 Å². The predicted octanol–water partition coefficient (Wildman–Crippen LogP) is 2.15. The Hall–Kier alpha value is -1.94. The molecule has 1 unspecified atom stereocenters. The molecule has 0 bridgehead atoms. The van der Waals surface area contributed by atoms with Crippen molar-refractivity contribution >= 4 is 0 Å². The van der Waals surface area contributed by atoms with Crippen LogP contribution in [0.15, 0.2) is 41.2 Å². The van der Waals surface area contributed by atoms with Gasteiger partial charge in [-0.2, -0.15) is 5.10 Å². The number of ether oxygens (including phenoxy) is 1. The molecule has 0 N–H and O–H groups in total. The summed E-state index contributed by atoms with van der Waals surface area (Å²) >= 11 is 0. The molecular weight excluding hydrogens is 228 g/mol. The van der Waals surface area contributed by atoms with Gasteiger partial charge in [-0.1, -0.05) is 24.3 Å². The van der Waals surface area contributed by atoms with E-state index in [9.17, 15) is 4.79 Å². The molecule has 1 aromatic heterocycles. The lowest BCUT2D eigenvalue weighted by Gasteiger charge is -2.10. The van der Waals surface area contributed by atoms with Crippen LogP contribution in [0.1, 0.15) is 18.6 Å². The van der Waals surface area contributed by atoms with Crippen molar-refractivity contribution in [3.63, 3.8) is 0 Å². The van der Waals surface area contributed by atoms with E-state index in [4.69, 9.17) is 4.74 Å². The molecule has 2 aromatic rings. The van der Waals surface area contributed by atoms with Gasteiger partial charge in [-0.3, -0.25) is 4.79 Å². The van der Waals surface area contributed by atoms with Crippen LogP contribution in [0, 0.1) is 0 Å². The molecule has 0 aliphatic carbocycles. The van der Waals surface area contributed by atoms with Crippen molar-refractivity contribution in [2.24, 2.45) is 7.05 Å². The van der Waals surface area contributed by atoms with Crippen LogP contribution in [0.4, 0.5) is 0 Å². The Bertz CT molecular complexity index is 587. The van der Waals surface area contributed by atoms with Crippen molar-refractivity contribution in [2.45, 2.75) is 13.0 Å². The first-order valence-electron chi connectivity index (χ1n) is 5.79. The summed E-state index contributed by atoms with van der Waals surface area (Å²) in [7, 11) is 3.33. The molecule has 4 heteroatoms. The SMILES string of the molecule is COC(C)c1ccc(-c2ccc(=O)n(C)n2)cc1. The fourth-order valence-electron chi connectivity index (χ4n) is 1.72. The maximum absolute atomic E-state index is 11.3. The zero-order valence-corrected chi connectivity index (χ0v) is 10.8. The summed E-state index contributed by atoms with van der Waals surface area (Å²) < 4.78 is 6.59. The van der Waals surface area contributed by atoms with E-state index in [1.54, 1.807) is 20.2 Å². The molecule has 4 nitrogen and oxygen atoms in total. The molecule has 0 radical (unpaired) electrons. The van der Waals surface area contributed by atoms with Crippen LogP contribution in [0.2, 0.25) is 0 Å². The molecule has 0 aliphatic heterocycles. The standard InChI is InChI=1S/C14H16N2O2/c1-10(18-3)11-4-6-12(7-5-11)13-8-9-14(17)16(2)15-13/h4-10H,1-3H3. The first-order valence-corrected chi connectivity index (χ1v) is 5.79.